The van der Waals surface area contributed by atoms with E-state index in [-0.39, 0.29) is 0 Å². The summed E-state index contributed by atoms with van der Waals surface area (Å²) in [5.41, 5.74) is 0.962. The number of ether oxygens (including phenoxy) is 1. The van der Waals surface area contributed by atoms with E-state index in [1.54, 1.807) is 19.4 Å². The van der Waals surface area contributed by atoms with E-state index in [0.29, 0.717) is 24.8 Å². The molecule has 2 rings (SSSR count). The SMILES string of the molecule is COC[C@H](O)CNc1ccnc(-c2ccccc2)n1. The van der Waals surface area contributed by atoms with Crippen LogP contribution in [0.25, 0.3) is 11.4 Å². The third-order valence-electron chi connectivity index (χ3n) is 2.57. The number of aromatic nitrogens is 2. The first-order chi connectivity index (χ1) is 9.29. The topological polar surface area (TPSA) is 67.3 Å². The molecule has 0 aliphatic rings. The van der Waals surface area contributed by atoms with Crippen LogP contribution in [-0.4, -0.2) is 41.4 Å². The average Bonchev–Trinajstić information content (AvgIpc) is 2.47. The van der Waals surface area contributed by atoms with Crippen molar-refractivity contribution in [1.29, 1.82) is 0 Å². The highest BCUT2D eigenvalue weighted by atomic mass is 16.5. The minimum atomic E-state index is -0.555. The van der Waals surface area contributed by atoms with Crippen LogP contribution in [0.3, 0.4) is 0 Å². The van der Waals surface area contributed by atoms with E-state index in [1.165, 1.54) is 0 Å². The van der Waals surface area contributed by atoms with Gasteiger partial charge in [0.2, 0.25) is 0 Å². The summed E-state index contributed by atoms with van der Waals surface area (Å²) in [5.74, 6) is 1.34. The molecular formula is C14H17N3O2. The molecule has 100 valence electrons. The van der Waals surface area contributed by atoms with Gasteiger partial charge in [-0.05, 0) is 6.07 Å². The Morgan fingerprint density at radius 2 is 2.05 bits per heavy atom. The van der Waals surface area contributed by atoms with Gasteiger partial charge in [-0.15, -0.1) is 0 Å². The molecule has 0 aliphatic carbocycles. The van der Waals surface area contributed by atoms with Gasteiger partial charge in [-0.1, -0.05) is 30.3 Å². The van der Waals surface area contributed by atoms with E-state index >= 15 is 0 Å². The highest BCUT2D eigenvalue weighted by molar-refractivity contribution is 5.56. The quantitative estimate of drug-likeness (QED) is 0.824. The molecular weight excluding hydrogens is 242 g/mol. The molecule has 0 amide bonds. The zero-order valence-electron chi connectivity index (χ0n) is 10.8. The van der Waals surface area contributed by atoms with Crippen LogP contribution in [0.4, 0.5) is 5.82 Å². The van der Waals surface area contributed by atoms with Gasteiger partial charge in [0.05, 0.1) is 12.7 Å². The highest BCUT2D eigenvalue weighted by Gasteiger charge is 2.05. The van der Waals surface area contributed by atoms with Crippen LogP contribution in [0.5, 0.6) is 0 Å². The molecule has 0 saturated heterocycles. The second kappa shape index (κ2) is 6.82. The number of aliphatic hydroxyl groups is 1. The van der Waals surface area contributed by atoms with Crippen LogP contribution in [0.2, 0.25) is 0 Å². The zero-order valence-corrected chi connectivity index (χ0v) is 10.8. The fourth-order valence-corrected chi connectivity index (χ4v) is 1.66. The first-order valence-corrected chi connectivity index (χ1v) is 6.09. The average molecular weight is 259 g/mol. The molecule has 1 heterocycles. The Hall–Kier alpha value is -1.98. The van der Waals surface area contributed by atoms with Crippen molar-refractivity contribution < 1.29 is 9.84 Å². The number of rotatable bonds is 6. The molecule has 2 N–H and O–H groups in total. The Kier molecular flexibility index (Phi) is 4.83. The molecule has 5 nitrogen and oxygen atoms in total. The molecule has 5 heteroatoms. The number of benzene rings is 1. The Labute approximate surface area is 112 Å². The van der Waals surface area contributed by atoms with Gasteiger partial charge < -0.3 is 15.2 Å². The monoisotopic (exact) mass is 259 g/mol. The number of nitrogens with one attached hydrogen (secondary N) is 1. The number of anilines is 1. The molecule has 0 unspecified atom stereocenters. The summed E-state index contributed by atoms with van der Waals surface area (Å²) in [4.78, 5) is 8.64. The largest absolute Gasteiger partial charge is 0.389 e. The number of nitrogens with zero attached hydrogens (tertiary/aromatic N) is 2. The van der Waals surface area contributed by atoms with Crippen LogP contribution in [0, 0.1) is 0 Å². The van der Waals surface area contributed by atoms with Crippen LogP contribution >= 0.6 is 0 Å². The third-order valence-corrected chi connectivity index (χ3v) is 2.57. The lowest BCUT2D eigenvalue weighted by Gasteiger charge is -2.11. The molecule has 1 aromatic heterocycles. The van der Waals surface area contributed by atoms with E-state index in [4.69, 9.17) is 4.74 Å². The molecule has 1 aromatic carbocycles. The molecule has 0 radical (unpaired) electrons. The summed E-state index contributed by atoms with van der Waals surface area (Å²) >= 11 is 0. The van der Waals surface area contributed by atoms with Crippen molar-refractivity contribution in [2.75, 3.05) is 25.6 Å². The van der Waals surface area contributed by atoms with Crippen LogP contribution in [0.15, 0.2) is 42.6 Å². The molecule has 2 aromatic rings. The molecule has 0 spiro atoms. The van der Waals surface area contributed by atoms with Crippen molar-refractivity contribution in [2.45, 2.75) is 6.10 Å². The Morgan fingerprint density at radius 3 is 2.79 bits per heavy atom. The van der Waals surface area contributed by atoms with Gasteiger partial charge in [-0.25, -0.2) is 9.97 Å². The lowest BCUT2D eigenvalue weighted by atomic mass is 10.2. The normalized spacial score (nSPS) is 12.1. The van der Waals surface area contributed by atoms with E-state index in [9.17, 15) is 5.11 Å². The first kappa shape index (κ1) is 13.5. The Morgan fingerprint density at radius 1 is 1.26 bits per heavy atom. The second-order valence-electron chi connectivity index (χ2n) is 4.12. The van der Waals surface area contributed by atoms with Crippen molar-refractivity contribution in [1.82, 2.24) is 9.97 Å². The summed E-state index contributed by atoms with van der Waals surface area (Å²) in [6, 6.07) is 11.5. The van der Waals surface area contributed by atoms with Crippen LogP contribution in [-0.2, 0) is 4.74 Å². The maximum atomic E-state index is 9.57. The van der Waals surface area contributed by atoms with E-state index in [1.807, 2.05) is 30.3 Å². The van der Waals surface area contributed by atoms with Gasteiger partial charge in [0.25, 0.3) is 0 Å². The first-order valence-electron chi connectivity index (χ1n) is 6.09. The van der Waals surface area contributed by atoms with Gasteiger partial charge in [0.1, 0.15) is 5.82 Å². The van der Waals surface area contributed by atoms with Crippen molar-refractivity contribution in [3.8, 4) is 11.4 Å². The lowest BCUT2D eigenvalue weighted by molar-refractivity contribution is 0.0727. The maximum absolute atomic E-state index is 9.57. The van der Waals surface area contributed by atoms with E-state index < -0.39 is 6.10 Å². The molecule has 1 atom stereocenters. The molecule has 0 bridgehead atoms. The Balaban J connectivity index is 2.04. The predicted octanol–water partition coefficient (Wildman–Crippen LogP) is 1.56. The summed E-state index contributed by atoms with van der Waals surface area (Å²) in [7, 11) is 1.56. The fourth-order valence-electron chi connectivity index (χ4n) is 1.66. The summed E-state index contributed by atoms with van der Waals surface area (Å²) in [6.45, 7) is 0.683. The lowest BCUT2D eigenvalue weighted by Crippen LogP contribution is -2.24. The Bertz CT molecular complexity index is 505. The minimum Gasteiger partial charge on any atom is -0.389 e. The summed E-state index contributed by atoms with van der Waals surface area (Å²) in [6.07, 6.45) is 1.14. The number of hydrogen-bond acceptors (Lipinski definition) is 5. The minimum absolute atomic E-state index is 0.295. The number of aliphatic hydroxyl groups excluding tert-OH is 1. The molecule has 19 heavy (non-hydrogen) atoms. The van der Waals surface area contributed by atoms with Crippen molar-refractivity contribution >= 4 is 5.82 Å². The standard InChI is InChI=1S/C14H17N3O2/c1-19-10-12(18)9-16-13-7-8-15-14(17-13)11-5-3-2-4-6-11/h2-8,12,18H,9-10H2,1H3,(H,15,16,17)/t12-/m1/s1. The van der Waals surface area contributed by atoms with Crippen LogP contribution < -0.4 is 5.32 Å². The van der Waals surface area contributed by atoms with Crippen molar-refractivity contribution in [3.63, 3.8) is 0 Å². The third kappa shape index (κ3) is 4.01. The summed E-state index contributed by atoms with van der Waals surface area (Å²) in [5, 5.41) is 12.6. The second-order valence-corrected chi connectivity index (χ2v) is 4.12. The predicted molar refractivity (Wildman–Crippen MR) is 73.8 cm³/mol. The van der Waals surface area contributed by atoms with Gasteiger partial charge in [0.15, 0.2) is 5.82 Å². The van der Waals surface area contributed by atoms with Gasteiger partial charge in [-0.3, -0.25) is 0 Å². The van der Waals surface area contributed by atoms with Gasteiger partial charge in [-0.2, -0.15) is 0 Å². The highest BCUT2D eigenvalue weighted by Crippen LogP contribution is 2.15. The smallest absolute Gasteiger partial charge is 0.161 e. The van der Waals surface area contributed by atoms with Crippen molar-refractivity contribution in [3.05, 3.63) is 42.6 Å². The zero-order chi connectivity index (χ0) is 13.5. The van der Waals surface area contributed by atoms with E-state index in [2.05, 4.69) is 15.3 Å². The molecule has 0 fully saturated rings. The van der Waals surface area contributed by atoms with Gasteiger partial charge >= 0.3 is 0 Å². The summed E-state index contributed by atoms with van der Waals surface area (Å²) < 4.78 is 4.86. The van der Waals surface area contributed by atoms with E-state index in [0.717, 1.165) is 5.56 Å². The number of hydrogen-bond donors (Lipinski definition) is 2. The van der Waals surface area contributed by atoms with Crippen molar-refractivity contribution in [2.24, 2.45) is 0 Å². The number of methoxy groups -OCH3 is 1. The van der Waals surface area contributed by atoms with Crippen LogP contribution in [0.1, 0.15) is 0 Å². The van der Waals surface area contributed by atoms with Gasteiger partial charge in [0, 0.05) is 25.4 Å². The molecule has 0 aliphatic heterocycles. The maximum Gasteiger partial charge on any atom is 0.161 e. The molecule has 0 saturated carbocycles. The fraction of sp³-hybridized carbons (Fsp3) is 0.286.